The summed E-state index contributed by atoms with van der Waals surface area (Å²) in [5.74, 6) is 3.85. The molecular formula is C24H35IN4O4. The van der Waals surface area contributed by atoms with Gasteiger partial charge in [-0.05, 0) is 41.8 Å². The molecule has 1 unspecified atom stereocenters. The molecule has 0 saturated carbocycles. The third-order valence-electron chi connectivity index (χ3n) is 5.56. The summed E-state index contributed by atoms with van der Waals surface area (Å²) in [7, 11) is 8.42. The van der Waals surface area contributed by atoms with Crippen molar-refractivity contribution in [2.45, 2.75) is 25.6 Å². The first kappa shape index (κ1) is 26.8. The monoisotopic (exact) mass is 570 g/mol. The van der Waals surface area contributed by atoms with Gasteiger partial charge < -0.3 is 29.6 Å². The lowest BCUT2D eigenvalue weighted by Crippen LogP contribution is -2.44. The predicted molar refractivity (Wildman–Crippen MR) is 142 cm³/mol. The number of nitrogens with one attached hydrogen (secondary N) is 2. The number of ether oxygens (including phenoxy) is 4. The number of likely N-dealkylation sites (tertiary alicyclic amines) is 1. The van der Waals surface area contributed by atoms with Crippen LogP contribution in [0, 0.1) is 0 Å². The Morgan fingerprint density at radius 3 is 2.24 bits per heavy atom. The van der Waals surface area contributed by atoms with Crippen LogP contribution in [0.15, 0.2) is 41.4 Å². The number of methoxy groups -OCH3 is 4. The van der Waals surface area contributed by atoms with Crippen LogP contribution in [-0.4, -0.2) is 65.5 Å². The van der Waals surface area contributed by atoms with E-state index in [2.05, 4.69) is 32.7 Å². The zero-order valence-corrected chi connectivity index (χ0v) is 22.3. The molecule has 1 atom stereocenters. The molecule has 0 amide bonds. The van der Waals surface area contributed by atoms with Crippen molar-refractivity contribution in [3.63, 3.8) is 0 Å². The van der Waals surface area contributed by atoms with E-state index in [1.165, 1.54) is 5.56 Å². The third-order valence-corrected chi connectivity index (χ3v) is 5.56. The lowest BCUT2D eigenvalue weighted by Gasteiger charge is -2.19. The Bertz CT molecular complexity index is 903. The van der Waals surface area contributed by atoms with Crippen LogP contribution >= 0.6 is 24.0 Å². The summed E-state index contributed by atoms with van der Waals surface area (Å²) < 4.78 is 21.5. The van der Waals surface area contributed by atoms with E-state index in [0.717, 1.165) is 60.6 Å². The van der Waals surface area contributed by atoms with Crippen LogP contribution in [-0.2, 0) is 13.1 Å². The van der Waals surface area contributed by atoms with Gasteiger partial charge in [0.1, 0.15) is 11.5 Å². The molecule has 0 aliphatic carbocycles. The maximum Gasteiger partial charge on any atom is 0.191 e. The molecule has 8 nitrogen and oxygen atoms in total. The highest BCUT2D eigenvalue weighted by molar-refractivity contribution is 14.0. The molecule has 182 valence electrons. The van der Waals surface area contributed by atoms with Gasteiger partial charge in [-0.2, -0.15) is 0 Å². The number of rotatable bonds is 9. The highest BCUT2D eigenvalue weighted by Crippen LogP contribution is 2.27. The Kier molecular flexibility index (Phi) is 10.9. The van der Waals surface area contributed by atoms with Gasteiger partial charge in [0.15, 0.2) is 17.5 Å². The van der Waals surface area contributed by atoms with Crippen molar-refractivity contribution >= 4 is 29.9 Å². The lowest BCUT2D eigenvalue weighted by atomic mass is 10.2. The highest BCUT2D eigenvalue weighted by atomic mass is 127. The van der Waals surface area contributed by atoms with Gasteiger partial charge in [-0.3, -0.25) is 9.89 Å². The zero-order valence-electron chi connectivity index (χ0n) is 20.0. The Hall–Kier alpha value is -2.40. The van der Waals surface area contributed by atoms with E-state index in [0.29, 0.717) is 12.6 Å². The number of aliphatic imine (C=N–C) groups is 1. The van der Waals surface area contributed by atoms with E-state index >= 15 is 0 Å². The summed E-state index contributed by atoms with van der Waals surface area (Å²) in [6, 6.07) is 12.2. The Balaban J connectivity index is 0.00000385. The van der Waals surface area contributed by atoms with Crippen molar-refractivity contribution in [1.82, 2.24) is 15.5 Å². The molecule has 1 aliphatic rings. The highest BCUT2D eigenvalue weighted by Gasteiger charge is 2.23. The minimum atomic E-state index is 0. The lowest BCUT2D eigenvalue weighted by molar-refractivity contribution is 0.321. The fourth-order valence-corrected chi connectivity index (χ4v) is 3.87. The van der Waals surface area contributed by atoms with Crippen LogP contribution in [0.25, 0.3) is 0 Å². The maximum absolute atomic E-state index is 5.39. The quantitative estimate of drug-likeness (QED) is 0.272. The van der Waals surface area contributed by atoms with E-state index in [9.17, 15) is 0 Å². The molecule has 1 heterocycles. The van der Waals surface area contributed by atoms with E-state index in [1.54, 1.807) is 35.5 Å². The van der Waals surface area contributed by atoms with Crippen LogP contribution in [0.3, 0.4) is 0 Å². The Morgan fingerprint density at radius 2 is 1.64 bits per heavy atom. The number of nitrogens with zero attached hydrogens (tertiary/aromatic N) is 2. The van der Waals surface area contributed by atoms with Gasteiger partial charge in [-0.25, -0.2) is 0 Å². The molecule has 3 rings (SSSR count). The summed E-state index contributed by atoms with van der Waals surface area (Å²) in [6.07, 6.45) is 1.05. The maximum atomic E-state index is 5.39. The standard InChI is InChI=1S/C24H34N4O4.HI/c1-25-24(26-14-17-6-7-22(31-4)23(12-17)32-5)27-19-8-9-28(16-19)15-18-10-20(29-2)13-21(11-18)30-3;/h6-7,10-13,19H,8-9,14-16H2,1-5H3,(H2,25,26,27);1H. The summed E-state index contributed by atoms with van der Waals surface area (Å²) in [4.78, 5) is 6.81. The average Bonchev–Trinajstić information content (AvgIpc) is 3.27. The van der Waals surface area contributed by atoms with Crippen LogP contribution in [0.1, 0.15) is 17.5 Å². The van der Waals surface area contributed by atoms with Gasteiger partial charge in [0.25, 0.3) is 0 Å². The Labute approximate surface area is 213 Å². The first-order valence-electron chi connectivity index (χ1n) is 10.7. The van der Waals surface area contributed by atoms with Crippen molar-refractivity contribution in [3.05, 3.63) is 47.5 Å². The first-order valence-corrected chi connectivity index (χ1v) is 10.7. The SMILES string of the molecule is CN=C(NCc1ccc(OC)c(OC)c1)NC1CCN(Cc2cc(OC)cc(OC)c2)C1.I. The molecule has 1 saturated heterocycles. The molecule has 9 heteroatoms. The fourth-order valence-electron chi connectivity index (χ4n) is 3.87. The van der Waals surface area contributed by atoms with Gasteiger partial charge in [-0.15, -0.1) is 24.0 Å². The summed E-state index contributed by atoms with van der Waals surface area (Å²) >= 11 is 0. The van der Waals surface area contributed by atoms with E-state index in [-0.39, 0.29) is 24.0 Å². The molecule has 2 N–H and O–H groups in total. The second kappa shape index (κ2) is 13.3. The minimum Gasteiger partial charge on any atom is -0.497 e. The Morgan fingerprint density at radius 1 is 0.939 bits per heavy atom. The largest absolute Gasteiger partial charge is 0.497 e. The average molecular weight is 570 g/mol. The number of halogens is 1. The minimum absolute atomic E-state index is 0. The number of guanidine groups is 1. The van der Waals surface area contributed by atoms with E-state index < -0.39 is 0 Å². The summed E-state index contributed by atoms with van der Waals surface area (Å²) in [5.41, 5.74) is 2.27. The van der Waals surface area contributed by atoms with Gasteiger partial charge in [0.05, 0.1) is 28.4 Å². The van der Waals surface area contributed by atoms with Gasteiger partial charge in [0, 0.05) is 45.3 Å². The van der Waals surface area contributed by atoms with Crippen LogP contribution in [0.2, 0.25) is 0 Å². The van der Waals surface area contributed by atoms with Crippen LogP contribution < -0.4 is 29.6 Å². The molecule has 0 bridgehead atoms. The fraction of sp³-hybridized carbons (Fsp3) is 0.458. The van der Waals surface area contributed by atoms with Gasteiger partial charge in [0.2, 0.25) is 0 Å². The summed E-state index contributed by atoms with van der Waals surface area (Å²) in [6.45, 7) is 3.45. The van der Waals surface area contributed by atoms with Crippen LogP contribution in [0.4, 0.5) is 0 Å². The summed E-state index contributed by atoms with van der Waals surface area (Å²) in [5, 5.41) is 6.93. The van der Waals surface area contributed by atoms with Crippen LogP contribution in [0.5, 0.6) is 23.0 Å². The van der Waals surface area contributed by atoms with Gasteiger partial charge in [-0.1, -0.05) is 6.07 Å². The van der Waals surface area contributed by atoms with Crippen molar-refractivity contribution in [2.24, 2.45) is 4.99 Å². The molecule has 1 aliphatic heterocycles. The number of benzene rings is 2. The number of hydrogen-bond acceptors (Lipinski definition) is 6. The molecule has 2 aromatic rings. The smallest absolute Gasteiger partial charge is 0.191 e. The van der Waals surface area contributed by atoms with Crippen molar-refractivity contribution in [2.75, 3.05) is 48.6 Å². The van der Waals surface area contributed by atoms with Crippen molar-refractivity contribution < 1.29 is 18.9 Å². The van der Waals surface area contributed by atoms with E-state index in [4.69, 9.17) is 18.9 Å². The first-order chi connectivity index (χ1) is 15.6. The molecular weight excluding hydrogens is 535 g/mol. The van der Waals surface area contributed by atoms with Crippen molar-refractivity contribution in [3.8, 4) is 23.0 Å². The van der Waals surface area contributed by atoms with Gasteiger partial charge >= 0.3 is 0 Å². The number of hydrogen-bond donors (Lipinski definition) is 2. The molecule has 0 radical (unpaired) electrons. The topological polar surface area (TPSA) is 76.6 Å². The zero-order chi connectivity index (χ0) is 22.9. The normalized spacial score (nSPS) is 16.0. The molecule has 33 heavy (non-hydrogen) atoms. The molecule has 1 fully saturated rings. The van der Waals surface area contributed by atoms with Crippen molar-refractivity contribution in [1.29, 1.82) is 0 Å². The predicted octanol–water partition coefficient (Wildman–Crippen LogP) is 3.28. The molecule has 0 spiro atoms. The molecule has 2 aromatic carbocycles. The third kappa shape index (κ3) is 7.56. The second-order valence-electron chi connectivity index (χ2n) is 7.70. The van der Waals surface area contributed by atoms with E-state index in [1.807, 2.05) is 24.3 Å². The second-order valence-corrected chi connectivity index (χ2v) is 7.70. The molecule has 0 aromatic heterocycles.